The van der Waals surface area contributed by atoms with Crippen molar-refractivity contribution in [3.63, 3.8) is 0 Å². The summed E-state index contributed by atoms with van der Waals surface area (Å²) in [5.41, 5.74) is 1.64. The fourth-order valence-corrected chi connectivity index (χ4v) is 2.00. The van der Waals surface area contributed by atoms with Crippen LogP contribution < -0.4 is 10.6 Å². The van der Waals surface area contributed by atoms with E-state index in [2.05, 4.69) is 10.6 Å². The molecular formula is C15H23N3O3. The Hall–Kier alpha value is -2.08. The summed E-state index contributed by atoms with van der Waals surface area (Å²) < 4.78 is 0. The maximum Gasteiger partial charge on any atom is 0.323 e. The van der Waals surface area contributed by atoms with Gasteiger partial charge in [-0.3, -0.25) is 4.79 Å². The summed E-state index contributed by atoms with van der Waals surface area (Å²) in [5.74, 6) is -0.822. The minimum absolute atomic E-state index is 0.197. The molecule has 6 heteroatoms. The third-order valence-electron chi connectivity index (χ3n) is 2.83. The van der Waals surface area contributed by atoms with Crippen LogP contribution in [0.25, 0.3) is 0 Å². The van der Waals surface area contributed by atoms with Crippen LogP contribution in [0.5, 0.6) is 0 Å². The minimum atomic E-state index is -1.02. The molecule has 0 spiro atoms. The van der Waals surface area contributed by atoms with E-state index in [1.54, 1.807) is 6.07 Å². The molecule has 0 aliphatic heterocycles. The smallest absolute Gasteiger partial charge is 0.323 e. The lowest BCUT2D eigenvalue weighted by Gasteiger charge is -2.23. The highest BCUT2D eigenvalue weighted by Gasteiger charge is 2.18. The molecule has 0 aliphatic rings. The topological polar surface area (TPSA) is 81.7 Å². The average molecular weight is 293 g/mol. The molecule has 0 aliphatic carbocycles. The number of rotatable bonds is 7. The Morgan fingerprint density at radius 3 is 2.52 bits per heavy atom. The van der Waals surface area contributed by atoms with Crippen LogP contribution >= 0.6 is 0 Å². The Bertz CT molecular complexity index is 489. The molecule has 0 fully saturated rings. The molecule has 2 amide bonds. The van der Waals surface area contributed by atoms with Crippen molar-refractivity contribution in [3.8, 4) is 0 Å². The fourth-order valence-electron chi connectivity index (χ4n) is 2.00. The number of aliphatic carboxylic acids is 1. The van der Waals surface area contributed by atoms with E-state index < -0.39 is 12.0 Å². The van der Waals surface area contributed by atoms with Crippen molar-refractivity contribution in [1.29, 1.82) is 0 Å². The zero-order valence-electron chi connectivity index (χ0n) is 12.7. The highest BCUT2D eigenvalue weighted by molar-refractivity contribution is 5.92. The molecule has 21 heavy (non-hydrogen) atoms. The largest absolute Gasteiger partial charge is 0.480 e. The number of carboxylic acid groups (broad SMARTS) is 1. The van der Waals surface area contributed by atoms with Crippen LogP contribution in [0.1, 0.15) is 19.4 Å². The lowest BCUT2D eigenvalue weighted by Crippen LogP contribution is -2.41. The first kappa shape index (κ1) is 17.0. The van der Waals surface area contributed by atoms with E-state index in [4.69, 9.17) is 5.11 Å². The van der Waals surface area contributed by atoms with Gasteiger partial charge in [0.25, 0.3) is 0 Å². The second-order valence-corrected chi connectivity index (χ2v) is 5.29. The van der Waals surface area contributed by atoms with Gasteiger partial charge < -0.3 is 20.6 Å². The average Bonchev–Trinajstić information content (AvgIpc) is 2.39. The van der Waals surface area contributed by atoms with Gasteiger partial charge in [0.05, 0.1) is 0 Å². The second kappa shape index (κ2) is 8.26. The second-order valence-electron chi connectivity index (χ2n) is 5.29. The van der Waals surface area contributed by atoms with E-state index in [9.17, 15) is 9.59 Å². The molecule has 1 rings (SSSR count). The number of nitrogens with zero attached hydrogens (tertiary/aromatic N) is 1. The zero-order chi connectivity index (χ0) is 15.8. The third-order valence-corrected chi connectivity index (χ3v) is 2.83. The van der Waals surface area contributed by atoms with Crippen molar-refractivity contribution < 1.29 is 14.7 Å². The van der Waals surface area contributed by atoms with Gasteiger partial charge in [-0.1, -0.05) is 32.0 Å². The molecule has 6 nitrogen and oxygen atoms in total. The van der Waals surface area contributed by atoms with Gasteiger partial charge >= 0.3 is 12.0 Å². The number of carbonyl (C=O) groups is 2. The first-order chi connectivity index (χ1) is 9.93. The predicted molar refractivity (Wildman–Crippen MR) is 82.3 cm³/mol. The number of anilines is 1. The summed E-state index contributed by atoms with van der Waals surface area (Å²) in [7, 11) is 1.83. The van der Waals surface area contributed by atoms with Crippen molar-refractivity contribution >= 4 is 17.7 Å². The number of hydrogen-bond donors (Lipinski definition) is 3. The van der Waals surface area contributed by atoms with E-state index in [0.717, 1.165) is 5.56 Å². The number of nitrogens with one attached hydrogen (secondary N) is 2. The highest BCUT2D eigenvalue weighted by atomic mass is 16.4. The SMILES string of the molecule is CNCc1ccccc1NC(=O)N(CC(=O)O)CC(C)C. The number of hydrogen-bond acceptors (Lipinski definition) is 3. The molecule has 3 N–H and O–H groups in total. The highest BCUT2D eigenvalue weighted by Crippen LogP contribution is 2.15. The van der Waals surface area contributed by atoms with E-state index >= 15 is 0 Å². The maximum absolute atomic E-state index is 12.3. The lowest BCUT2D eigenvalue weighted by atomic mass is 10.1. The van der Waals surface area contributed by atoms with E-state index in [0.29, 0.717) is 18.8 Å². The van der Waals surface area contributed by atoms with Crippen LogP contribution in [-0.2, 0) is 11.3 Å². The molecule has 0 atom stereocenters. The Morgan fingerprint density at radius 2 is 1.95 bits per heavy atom. The molecular weight excluding hydrogens is 270 g/mol. The molecule has 0 saturated carbocycles. The Kier molecular flexibility index (Phi) is 6.68. The summed E-state index contributed by atoms with van der Waals surface area (Å²) >= 11 is 0. The van der Waals surface area contributed by atoms with Gasteiger partial charge in [-0.05, 0) is 24.6 Å². The summed E-state index contributed by atoms with van der Waals surface area (Å²) in [5, 5.41) is 14.7. The van der Waals surface area contributed by atoms with E-state index in [-0.39, 0.29) is 12.5 Å². The van der Waals surface area contributed by atoms with Gasteiger partial charge in [-0.15, -0.1) is 0 Å². The number of carbonyl (C=O) groups excluding carboxylic acids is 1. The maximum atomic E-state index is 12.3. The molecule has 0 aromatic heterocycles. The van der Waals surface area contributed by atoms with E-state index in [1.807, 2.05) is 39.1 Å². The Labute approximate surface area is 125 Å². The van der Waals surface area contributed by atoms with Crippen molar-refractivity contribution in [3.05, 3.63) is 29.8 Å². The van der Waals surface area contributed by atoms with Crippen LogP contribution in [0.15, 0.2) is 24.3 Å². The summed E-state index contributed by atoms with van der Waals surface area (Å²) in [4.78, 5) is 24.5. The number of benzene rings is 1. The van der Waals surface area contributed by atoms with Gasteiger partial charge in [-0.2, -0.15) is 0 Å². The van der Waals surface area contributed by atoms with Crippen molar-refractivity contribution in [2.24, 2.45) is 5.92 Å². The van der Waals surface area contributed by atoms with Gasteiger partial charge in [-0.25, -0.2) is 4.79 Å². The number of amides is 2. The molecule has 1 aromatic carbocycles. The number of para-hydroxylation sites is 1. The first-order valence-corrected chi connectivity index (χ1v) is 6.94. The van der Waals surface area contributed by atoms with Gasteiger partial charge in [0.2, 0.25) is 0 Å². The van der Waals surface area contributed by atoms with Crippen LogP contribution in [0.3, 0.4) is 0 Å². The molecule has 116 valence electrons. The van der Waals surface area contributed by atoms with Crippen LogP contribution in [0, 0.1) is 5.92 Å². The van der Waals surface area contributed by atoms with Crippen LogP contribution in [0.4, 0.5) is 10.5 Å². The molecule has 0 radical (unpaired) electrons. The van der Waals surface area contributed by atoms with Gasteiger partial charge in [0.15, 0.2) is 0 Å². The third kappa shape index (κ3) is 5.83. The monoisotopic (exact) mass is 293 g/mol. The quantitative estimate of drug-likeness (QED) is 0.718. The first-order valence-electron chi connectivity index (χ1n) is 6.94. The number of carboxylic acids is 1. The summed E-state index contributed by atoms with van der Waals surface area (Å²) in [6.07, 6.45) is 0. The van der Waals surface area contributed by atoms with Crippen LogP contribution in [-0.4, -0.2) is 42.1 Å². The zero-order valence-corrected chi connectivity index (χ0v) is 12.7. The fraction of sp³-hybridized carbons (Fsp3) is 0.467. The molecule has 0 unspecified atom stereocenters. The molecule has 1 aromatic rings. The minimum Gasteiger partial charge on any atom is -0.480 e. The molecule has 0 heterocycles. The van der Waals surface area contributed by atoms with E-state index in [1.165, 1.54) is 4.90 Å². The van der Waals surface area contributed by atoms with Crippen molar-refractivity contribution in [2.75, 3.05) is 25.5 Å². The summed E-state index contributed by atoms with van der Waals surface area (Å²) in [6, 6.07) is 7.05. The predicted octanol–water partition coefficient (Wildman–Crippen LogP) is 1.98. The van der Waals surface area contributed by atoms with Crippen molar-refractivity contribution in [1.82, 2.24) is 10.2 Å². The normalized spacial score (nSPS) is 10.5. The summed E-state index contributed by atoms with van der Waals surface area (Å²) in [6.45, 7) is 4.60. The molecule has 0 saturated heterocycles. The van der Waals surface area contributed by atoms with Gasteiger partial charge in [0, 0.05) is 18.8 Å². The Balaban J connectivity index is 2.83. The van der Waals surface area contributed by atoms with Gasteiger partial charge in [0.1, 0.15) is 6.54 Å². The standard InChI is InChI=1S/C15H23N3O3/c1-11(2)9-18(10-14(19)20)15(21)17-13-7-5-4-6-12(13)8-16-3/h4-7,11,16H,8-10H2,1-3H3,(H,17,21)(H,19,20). The number of urea groups is 1. The molecule has 0 bridgehead atoms. The van der Waals surface area contributed by atoms with Crippen LogP contribution in [0.2, 0.25) is 0 Å². The lowest BCUT2D eigenvalue weighted by molar-refractivity contribution is -0.137. The Morgan fingerprint density at radius 1 is 1.29 bits per heavy atom. The van der Waals surface area contributed by atoms with Crippen molar-refractivity contribution in [2.45, 2.75) is 20.4 Å².